The highest BCUT2D eigenvalue weighted by Crippen LogP contribution is 2.16. The molecule has 1 aliphatic heterocycles. The molecule has 0 radical (unpaired) electrons. The van der Waals surface area contributed by atoms with Crippen molar-refractivity contribution >= 4 is 11.8 Å². The van der Waals surface area contributed by atoms with Gasteiger partial charge in [-0.3, -0.25) is 9.59 Å². The molecule has 2 rings (SSSR count). The molecular weight excluding hydrogens is 272 g/mol. The van der Waals surface area contributed by atoms with Crippen molar-refractivity contribution in [2.45, 2.75) is 18.9 Å². The third kappa shape index (κ3) is 4.19. The Hall–Kier alpha value is -2.08. The summed E-state index contributed by atoms with van der Waals surface area (Å²) in [6, 6.07) is 7.00. The maximum atomic E-state index is 12.0. The Bertz CT molecular complexity index is 498. The van der Waals surface area contributed by atoms with Gasteiger partial charge < -0.3 is 20.1 Å². The maximum Gasteiger partial charge on any atom is 0.255 e. The molecule has 6 nitrogen and oxygen atoms in total. The van der Waals surface area contributed by atoms with E-state index in [1.807, 2.05) is 0 Å². The Morgan fingerprint density at radius 3 is 2.76 bits per heavy atom. The standard InChI is InChI=1S/C15H20N2O4/c1-20-12-6-3-2-5-11(12)14(18)16-8-9-17-15(19)13-7-4-10-21-13/h2-3,5-6,13H,4,7-10H2,1H3,(H,16,18)(H,17,19). The van der Waals surface area contributed by atoms with Crippen molar-refractivity contribution < 1.29 is 19.1 Å². The van der Waals surface area contributed by atoms with Crippen LogP contribution in [0.5, 0.6) is 5.75 Å². The zero-order valence-corrected chi connectivity index (χ0v) is 12.1. The van der Waals surface area contributed by atoms with Gasteiger partial charge in [0.05, 0.1) is 12.7 Å². The van der Waals surface area contributed by atoms with Crippen molar-refractivity contribution in [3.05, 3.63) is 29.8 Å². The summed E-state index contributed by atoms with van der Waals surface area (Å²) in [6.07, 6.45) is 1.34. The minimum Gasteiger partial charge on any atom is -0.496 e. The van der Waals surface area contributed by atoms with E-state index in [9.17, 15) is 9.59 Å². The number of para-hydroxylation sites is 1. The summed E-state index contributed by atoms with van der Waals surface area (Å²) in [5.41, 5.74) is 0.477. The first kappa shape index (κ1) is 15.3. The van der Waals surface area contributed by atoms with Crippen molar-refractivity contribution in [2.24, 2.45) is 0 Å². The number of amides is 2. The molecule has 0 aromatic heterocycles. The average Bonchev–Trinajstić information content (AvgIpc) is 3.05. The van der Waals surface area contributed by atoms with Crippen LogP contribution in [0.1, 0.15) is 23.2 Å². The van der Waals surface area contributed by atoms with Crippen molar-refractivity contribution in [1.82, 2.24) is 10.6 Å². The third-order valence-corrected chi connectivity index (χ3v) is 3.28. The fourth-order valence-electron chi connectivity index (χ4n) is 2.19. The number of hydrogen-bond acceptors (Lipinski definition) is 4. The van der Waals surface area contributed by atoms with Crippen molar-refractivity contribution in [2.75, 3.05) is 26.8 Å². The number of nitrogens with one attached hydrogen (secondary N) is 2. The lowest BCUT2D eigenvalue weighted by Crippen LogP contribution is -2.39. The van der Waals surface area contributed by atoms with Crippen LogP contribution in [0.3, 0.4) is 0 Å². The third-order valence-electron chi connectivity index (χ3n) is 3.28. The molecule has 0 aliphatic carbocycles. The van der Waals surface area contributed by atoms with Gasteiger partial charge in [-0.2, -0.15) is 0 Å². The minimum absolute atomic E-state index is 0.112. The molecule has 1 heterocycles. The lowest BCUT2D eigenvalue weighted by molar-refractivity contribution is -0.129. The molecule has 1 saturated heterocycles. The van der Waals surface area contributed by atoms with Gasteiger partial charge in [-0.1, -0.05) is 12.1 Å². The summed E-state index contributed by atoms with van der Waals surface area (Å²) in [6.45, 7) is 1.37. The van der Waals surface area contributed by atoms with Gasteiger partial charge in [0.1, 0.15) is 11.9 Å². The van der Waals surface area contributed by atoms with E-state index in [1.165, 1.54) is 7.11 Å². The normalized spacial score (nSPS) is 17.3. The molecule has 1 fully saturated rings. The zero-order chi connectivity index (χ0) is 15.1. The van der Waals surface area contributed by atoms with Crippen LogP contribution in [-0.4, -0.2) is 44.7 Å². The van der Waals surface area contributed by atoms with Crippen LogP contribution in [0.2, 0.25) is 0 Å². The second kappa shape index (κ2) is 7.64. The Balaban J connectivity index is 1.73. The van der Waals surface area contributed by atoms with Gasteiger partial charge in [-0.05, 0) is 25.0 Å². The lowest BCUT2D eigenvalue weighted by Gasteiger charge is -2.11. The van der Waals surface area contributed by atoms with Crippen LogP contribution >= 0.6 is 0 Å². The predicted molar refractivity (Wildman–Crippen MR) is 77.3 cm³/mol. The molecule has 0 spiro atoms. The van der Waals surface area contributed by atoms with Crippen LogP contribution in [0, 0.1) is 0 Å². The van der Waals surface area contributed by atoms with Crippen molar-refractivity contribution in [3.8, 4) is 5.75 Å². The number of ether oxygens (including phenoxy) is 2. The Kier molecular flexibility index (Phi) is 5.57. The fraction of sp³-hybridized carbons (Fsp3) is 0.467. The van der Waals surface area contributed by atoms with E-state index in [2.05, 4.69) is 10.6 Å². The van der Waals surface area contributed by atoms with Gasteiger partial charge in [0.2, 0.25) is 5.91 Å². The van der Waals surface area contributed by atoms with Gasteiger partial charge in [0.15, 0.2) is 0 Å². The molecule has 21 heavy (non-hydrogen) atoms. The minimum atomic E-state index is -0.338. The van der Waals surface area contributed by atoms with Crippen molar-refractivity contribution in [3.63, 3.8) is 0 Å². The molecule has 6 heteroatoms. The molecule has 0 saturated carbocycles. The highest BCUT2D eigenvalue weighted by Gasteiger charge is 2.22. The summed E-state index contributed by atoms with van der Waals surface area (Å²) in [5.74, 6) is 0.191. The highest BCUT2D eigenvalue weighted by atomic mass is 16.5. The molecule has 1 unspecified atom stereocenters. The van der Waals surface area contributed by atoms with E-state index in [4.69, 9.17) is 9.47 Å². The number of carbonyl (C=O) groups excluding carboxylic acids is 2. The van der Waals surface area contributed by atoms with E-state index < -0.39 is 0 Å². The summed E-state index contributed by atoms with van der Waals surface area (Å²) in [5, 5.41) is 5.50. The first-order valence-electron chi connectivity index (χ1n) is 7.03. The molecule has 0 bridgehead atoms. The summed E-state index contributed by atoms with van der Waals surface area (Å²) in [4.78, 5) is 23.7. The number of hydrogen-bond donors (Lipinski definition) is 2. The van der Waals surface area contributed by atoms with Gasteiger partial charge in [0, 0.05) is 19.7 Å². The molecular formula is C15H20N2O4. The maximum absolute atomic E-state index is 12.0. The lowest BCUT2D eigenvalue weighted by atomic mass is 10.2. The topological polar surface area (TPSA) is 76.7 Å². The highest BCUT2D eigenvalue weighted by molar-refractivity contribution is 5.96. The summed E-state index contributed by atoms with van der Waals surface area (Å²) < 4.78 is 10.4. The smallest absolute Gasteiger partial charge is 0.255 e. The van der Waals surface area contributed by atoms with E-state index in [-0.39, 0.29) is 17.9 Å². The summed E-state index contributed by atoms with van der Waals surface area (Å²) in [7, 11) is 1.52. The molecule has 1 aliphatic rings. The Morgan fingerprint density at radius 2 is 2.05 bits per heavy atom. The van der Waals surface area contributed by atoms with Gasteiger partial charge >= 0.3 is 0 Å². The van der Waals surface area contributed by atoms with Gasteiger partial charge in [-0.15, -0.1) is 0 Å². The van der Waals surface area contributed by atoms with Crippen LogP contribution in [0.15, 0.2) is 24.3 Å². The fourth-order valence-corrected chi connectivity index (χ4v) is 2.19. The van der Waals surface area contributed by atoms with Crippen LogP contribution < -0.4 is 15.4 Å². The van der Waals surface area contributed by atoms with Crippen LogP contribution in [-0.2, 0) is 9.53 Å². The van der Waals surface area contributed by atoms with Crippen molar-refractivity contribution in [1.29, 1.82) is 0 Å². The first-order valence-corrected chi connectivity index (χ1v) is 7.03. The number of methoxy groups -OCH3 is 1. The van der Waals surface area contributed by atoms with Crippen LogP contribution in [0.4, 0.5) is 0 Å². The first-order chi connectivity index (χ1) is 10.2. The monoisotopic (exact) mass is 292 g/mol. The number of benzene rings is 1. The molecule has 2 amide bonds. The largest absolute Gasteiger partial charge is 0.496 e. The Morgan fingerprint density at radius 1 is 1.29 bits per heavy atom. The SMILES string of the molecule is COc1ccccc1C(=O)NCCNC(=O)C1CCCO1. The quantitative estimate of drug-likeness (QED) is 0.758. The van der Waals surface area contributed by atoms with E-state index >= 15 is 0 Å². The molecule has 1 aromatic carbocycles. The van der Waals surface area contributed by atoms with Crippen LogP contribution in [0.25, 0.3) is 0 Å². The average molecular weight is 292 g/mol. The summed E-state index contributed by atoms with van der Waals surface area (Å²) >= 11 is 0. The number of rotatable bonds is 6. The molecule has 1 atom stereocenters. The Labute approximate surface area is 123 Å². The van der Waals surface area contributed by atoms with Gasteiger partial charge in [-0.25, -0.2) is 0 Å². The molecule has 2 N–H and O–H groups in total. The van der Waals surface area contributed by atoms with Gasteiger partial charge in [0.25, 0.3) is 5.91 Å². The second-order valence-electron chi connectivity index (χ2n) is 4.75. The van der Waals surface area contributed by atoms with E-state index in [1.54, 1.807) is 24.3 Å². The van der Waals surface area contributed by atoms with E-state index in [0.717, 1.165) is 12.8 Å². The zero-order valence-electron chi connectivity index (χ0n) is 12.1. The number of carbonyl (C=O) groups is 2. The van der Waals surface area contributed by atoms with E-state index in [0.29, 0.717) is 31.0 Å². The predicted octanol–water partition coefficient (Wildman–Crippen LogP) is 0.720. The molecule has 1 aromatic rings. The second-order valence-corrected chi connectivity index (χ2v) is 4.75. The molecule has 114 valence electrons.